The number of carbonyl (C=O) groups excluding carboxylic acids is 2. The van der Waals surface area contributed by atoms with E-state index in [4.69, 9.17) is 14.2 Å². The molecule has 0 spiro atoms. The smallest absolute Gasteiger partial charge is 0.331 e. The third-order valence-electron chi connectivity index (χ3n) is 3.56. The van der Waals surface area contributed by atoms with Crippen molar-refractivity contribution in [2.24, 2.45) is 0 Å². The van der Waals surface area contributed by atoms with E-state index in [-0.39, 0.29) is 12.4 Å². The Morgan fingerprint density at radius 2 is 1.96 bits per heavy atom. The molecule has 0 bridgehead atoms. The highest BCUT2D eigenvalue weighted by Gasteiger charge is 2.15. The third kappa shape index (κ3) is 4.70. The summed E-state index contributed by atoms with van der Waals surface area (Å²) in [7, 11) is 0. The molecule has 1 aromatic heterocycles. The zero-order chi connectivity index (χ0) is 17.6. The van der Waals surface area contributed by atoms with Crippen LogP contribution in [-0.4, -0.2) is 31.6 Å². The molecule has 0 aliphatic carbocycles. The summed E-state index contributed by atoms with van der Waals surface area (Å²) in [6, 6.07) is 8.87. The van der Waals surface area contributed by atoms with Gasteiger partial charge in [0, 0.05) is 27.8 Å². The summed E-state index contributed by atoms with van der Waals surface area (Å²) in [4.78, 5) is 26.1. The molecule has 130 valence electrons. The van der Waals surface area contributed by atoms with Gasteiger partial charge in [-0.15, -0.1) is 11.3 Å². The van der Waals surface area contributed by atoms with Gasteiger partial charge in [-0.2, -0.15) is 0 Å². The Hall–Kier alpha value is -2.60. The topological polar surface area (TPSA) is 61.8 Å². The molecule has 1 aliphatic heterocycles. The molecule has 2 aromatic rings. The van der Waals surface area contributed by atoms with Gasteiger partial charge in [0.25, 0.3) is 0 Å². The van der Waals surface area contributed by atoms with Gasteiger partial charge in [-0.05, 0) is 43.3 Å². The zero-order valence-electron chi connectivity index (χ0n) is 13.8. The molecule has 0 radical (unpaired) electrons. The Morgan fingerprint density at radius 1 is 1.16 bits per heavy atom. The Balaban J connectivity index is 1.56. The Morgan fingerprint density at radius 3 is 2.72 bits per heavy atom. The first kappa shape index (κ1) is 17.2. The van der Waals surface area contributed by atoms with Crippen LogP contribution in [0.4, 0.5) is 0 Å². The molecule has 0 N–H and O–H groups in total. The lowest BCUT2D eigenvalue weighted by atomic mass is 10.1. The number of hydrogen-bond donors (Lipinski definition) is 0. The maximum absolute atomic E-state index is 12.2. The van der Waals surface area contributed by atoms with Crippen LogP contribution in [0.1, 0.15) is 26.5 Å². The first-order valence-corrected chi connectivity index (χ1v) is 8.77. The number of esters is 1. The van der Waals surface area contributed by atoms with Crippen molar-refractivity contribution in [3.63, 3.8) is 0 Å². The van der Waals surface area contributed by atoms with Crippen molar-refractivity contribution >= 4 is 29.2 Å². The average molecular weight is 358 g/mol. The fourth-order valence-corrected chi connectivity index (χ4v) is 3.08. The molecule has 0 fully saturated rings. The van der Waals surface area contributed by atoms with Crippen LogP contribution in [0.2, 0.25) is 0 Å². The van der Waals surface area contributed by atoms with Crippen molar-refractivity contribution in [1.29, 1.82) is 0 Å². The van der Waals surface area contributed by atoms with Crippen molar-refractivity contribution in [2.75, 3.05) is 19.8 Å². The van der Waals surface area contributed by atoms with E-state index in [2.05, 4.69) is 0 Å². The molecular formula is C19H18O5S. The number of fused-ring (bicyclic) bond motifs is 1. The van der Waals surface area contributed by atoms with Crippen molar-refractivity contribution in [3.8, 4) is 11.5 Å². The predicted molar refractivity (Wildman–Crippen MR) is 95.4 cm³/mol. The van der Waals surface area contributed by atoms with Gasteiger partial charge in [-0.3, -0.25) is 4.79 Å². The monoisotopic (exact) mass is 358 g/mol. The second-order valence-electron chi connectivity index (χ2n) is 5.52. The van der Waals surface area contributed by atoms with Gasteiger partial charge in [-0.1, -0.05) is 0 Å². The van der Waals surface area contributed by atoms with Gasteiger partial charge in [-0.25, -0.2) is 4.79 Å². The lowest BCUT2D eigenvalue weighted by Gasteiger charge is -2.08. The fraction of sp³-hybridized carbons (Fsp3) is 0.263. The molecule has 0 saturated heterocycles. The quantitative estimate of drug-likeness (QED) is 0.464. The lowest BCUT2D eigenvalue weighted by Crippen LogP contribution is -2.12. The highest BCUT2D eigenvalue weighted by Crippen LogP contribution is 2.30. The predicted octanol–water partition coefficient (Wildman–Crippen LogP) is 3.66. The second-order valence-corrected chi connectivity index (χ2v) is 6.84. The van der Waals surface area contributed by atoms with Gasteiger partial charge >= 0.3 is 5.97 Å². The SMILES string of the molecule is Cc1ccc(/C=C/C(=O)OCC(=O)c2ccc3c(c2)OCCCO3)s1. The molecule has 0 unspecified atom stereocenters. The molecule has 0 saturated carbocycles. The maximum Gasteiger partial charge on any atom is 0.331 e. The number of Topliss-reactive ketones (excluding diaryl/α,β-unsaturated/α-hetero) is 1. The molecule has 25 heavy (non-hydrogen) atoms. The van der Waals surface area contributed by atoms with Crippen molar-refractivity contribution in [3.05, 3.63) is 51.7 Å². The first-order chi connectivity index (χ1) is 12.1. The molecule has 5 nitrogen and oxygen atoms in total. The minimum Gasteiger partial charge on any atom is -0.490 e. The number of ketones is 1. The van der Waals surface area contributed by atoms with E-state index in [0.717, 1.165) is 16.2 Å². The number of rotatable bonds is 5. The normalized spacial score (nSPS) is 13.5. The number of hydrogen-bond acceptors (Lipinski definition) is 6. The van der Waals surface area contributed by atoms with Crippen LogP contribution in [0.3, 0.4) is 0 Å². The molecule has 2 heterocycles. The minimum atomic E-state index is -0.547. The number of benzene rings is 1. The Bertz CT molecular complexity index is 806. The van der Waals surface area contributed by atoms with E-state index in [9.17, 15) is 9.59 Å². The molecule has 3 rings (SSSR count). The zero-order valence-corrected chi connectivity index (χ0v) is 14.6. The summed E-state index contributed by atoms with van der Waals surface area (Å²) >= 11 is 1.58. The van der Waals surface area contributed by atoms with Crippen LogP contribution in [0.5, 0.6) is 11.5 Å². The summed E-state index contributed by atoms with van der Waals surface area (Å²) in [5.74, 6) is 0.334. The number of aryl methyl sites for hydroxylation is 1. The van der Waals surface area contributed by atoms with E-state index in [1.807, 2.05) is 19.1 Å². The summed E-state index contributed by atoms with van der Waals surface area (Å²) in [6.45, 7) is 2.82. The number of carbonyl (C=O) groups is 2. The highest BCUT2D eigenvalue weighted by molar-refractivity contribution is 7.12. The van der Waals surface area contributed by atoms with Crippen LogP contribution in [0.25, 0.3) is 6.08 Å². The third-order valence-corrected chi connectivity index (χ3v) is 4.53. The van der Waals surface area contributed by atoms with Crippen molar-refractivity contribution in [1.82, 2.24) is 0 Å². The average Bonchev–Trinajstić information content (AvgIpc) is 2.89. The molecule has 0 atom stereocenters. The van der Waals surface area contributed by atoms with E-state index in [1.165, 1.54) is 6.08 Å². The van der Waals surface area contributed by atoms with Gasteiger partial charge in [0.2, 0.25) is 0 Å². The van der Waals surface area contributed by atoms with Crippen LogP contribution in [0.15, 0.2) is 36.4 Å². The molecular weight excluding hydrogens is 340 g/mol. The van der Waals surface area contributed by atoms with Crippen LogP contribution < -0.4 is 9.47 Å². The van der Waals surface area contributed by atoms with Gasteiger partial charge in [0.1, 0.15) is 0 Å². The molecule has 6 heteroatoms. The summed E-state index contributed by atoms with van der Waals surface area (Å²) in [5.41, 5.74) is 0.426. The van der Waals surface area contributed by atoms with Gasteiger partial charge in [0.15, 0.2) is 23.9 Å². The largest absolute Gasteiger partial charge is 0.490 e. The first-order valence-electron chi connectivity index (χ1n) is 7.96. The maximum atomic E-state index is 12.2. The van der Waals surface area contributed by atoms with Crippen molar-refractivity contribution < 1.29 is 23.8 Å². The van der Waals surface area contributed by atoms with E-state index in [0.29, 0.717) is 30.3 Å². The highest BCUT2D eigenvalue weighted by atomic mass is 32.1. The van der Waals surface area contributed by atoms with Crippen molar-refractivity contribution in [2.45, 2.75) is 13.3 Å². The van der Waals surface area contributed by atoms with Gasteiger partial charge < -0.3 is 14.2 Å². The van der Waals surface area contributed by atoms with Gasteiger partial charge in [0.05, 0.1) is 13.2 Å². The Kier molecular flexibility index (Phi) is 5.50. The van der Waals surface area contributed by atoms with E-state index < -0.39 is 5.97 Å². The number of thiophene rings is 1. The summed E-state index contributed by atoms with van der Waals surface area (Å²) in [5, 5.41) is 0. The standard InChI is InChI=1S/C19H18O5S/c1-13-3-5-15(25-13)6-8-19(21)24-12-16(20)14-4-7-17-18(11-14)23-10-2-9-22-17/h3-8,11H,2,9-10,12H2,1H3/b8-6+. The van der Waals surface area contributed by atoms with Crippen LogP contribution >= 0.6 is 11.3 Å². The lowest BCUT2D eigenvalue weighted by molar-refractivity contribution is -0.136. The Labute approximate surface area is 149 Å². The van der Waals surface area contributed by atoms with E-state index >= 15 is 0 Å². The molecule has 1 aromatic carbocycles. The summed E-state index contributed by atoms with van der Waals surface area (Å²) in [6.07, 6.45) is 3.80. The minimum absolute atomic E-state index is 0.288. The number of ether oxygens (including phenoxy) is 3. The molecule has 0 amide bonds. The fourth-order valence-electron chi connectivity index (χ4n) is 2.30. The van der Waals surface area contributed by atoms with Crippen LogP contribution in [-0.2, 0) is 9.53 Å². The van der Waals surface area contributed by atoms with Crippen LogP contribution in [0, 0.1) is 6.92 Å². The second kappa shape index (κ2) is 7.98. The summed E-state index contributed by atoms with van der Waals surface area (Å²) < 4.78 is 16.1. The van der Waals surface area contributed by atoms with E-state index in [1.54, 1.807) is 35.6 Å². The molecule has 1 aliphatic rings.